The smallest absolute Gasteiger partial charge is 0.253 e. The number of nitrogens with one attached hydrogen (secondary N) is 1. The van der Waals surface area contributed by atoms with Crippen LogP contribution < -0.4 is 10.2 Å². The molecular weight excluding hydrogens is 320 g/mol. The predicted molar refractivity (Wildman–Crippen MR) is 91.9 cm³/mol. The molecule has 1 aliphatic heterocycles. The van der Waals surface area contributed by atoms with Crippen molar-refractivity contribution < 1.29 is 9.32 Å². The number of hydrogen-bond acceptors (Lipinski definition) is 7. The van der Waals surface area contributed by atoms with Crippen molar-refractivity contribution in [3.63, 3.8) is 0 Å². The van der Waals surface area contributed by atoms with Crippen LogP contribution in [0.1, 0.15) is 22.1 Å². The van der Waals surface area contributed by atoms with Crippen LogP contribution in [-0.4, -0.2) is 58.7 Å². The summed E-state index contributed by atoms with van der Waals surface area (Å²) in [6, 6.07) is 3.63. The fraction of sp³-hybridized carbons (Fsp3) is 0.412. The summed E-state index contributed by atoms with van der Waals surface area (Å²) in [5.74, 6) is 4.33. The van der Waals surface area contributed by atoms with E-state index in [1.54, 1.807) is 19.2 Å². The lowest BCUT2D eigenvalue weighted by molar-refractivity contribution is 0.0958. The molecule has 0 radical (unpaired) electrons. The van der Waals surface area contributed by atoms with Crippen molar-refractivity contribution in [1.82, 2.24) is 25.3 Å². The van der Waals surface area contributed by atoms with Crippen molar-refractivity contribution in [2.24, 2.45) is 0 Å². The van der Waals surface area contributed by atoms with Crippen LogP contribution in [0.2, 0.25) is 0 Å². The minimum Gasteiger partial charge on any atom is -0.354 e. The van der Waals surface area contributed by atoms with Gasteiger partial charge >= 0.3 is 0 Å². The van der Waals surface area contributed by atoms with Crippen molar-refractivity contribution in [1.29, 1.82) is 0 Å². The van der Waals surface area contributed by atoms with Crippen LogP contribution in [0, 0.1) is 19.3 Å². The summed E-state index contributed by atoms with van der Waals surface area (Å²) in [4.78, 5) is 24.9. The summed E-state index contributed by atoms with van der Waals surface area (Å²) in [5.41, 5.74) is 0.505. The highest BCUT2D eigenvalue weighted by atomic mass is 16.5. The lowest BCUT2D eigenvalue weighted by Crippen LogP contribution is -2.46. The molecule has 0 atom stereocenters. The summed E-state index contributed by atoms with van der Waals surface area (Å²) >= 11 is 0. The van der Waals surface area contributed by atoms with Gasteiger partial charge in [0, 0.05) is 39.3 Å². The van der Waals surface area contributed by atoms with Crippen LogP contribution in [0.25, 0.3) is 0 Å². The second-order valence-corrected chi connectivity index (χ2v) is 5.78. The number of carbonyl (C=O) groups is 1. The van der Waals surface area contributed by atoms with Crippen LogP contribution in [0.3, 0.4) is 0 Å². The lowest BCUT2D eigenvalue weighted by atomic mass is 10.2. The van der Waals surface area contributed by atoms with Gasteiger partial charge in [0.2, 0.25) is 5.89 Å². The van der Waals surface area contributed by atoms with E-state index in [9.17, 15) is 4.79 Å². The van der Waals surface area contributed by atoms with Gasteiger partial charge in [0.25, 0.3) is 5.91 Å². The Hall–Kier alpha value is -2.92. The zero-order chi connectivity index (χ0) is 17.6. The molecule has 130 valence electrons. The molecule has 2 aromatic heterocycles. The molecule has 1 amide bonds. The Labute approximate surface area is 146 Å². The van der Waals surface area contributed by atoms with Gasteiger partial charge in [-0.05, 0) is 12.1 Å². The number of carbonyl (C=O) groups excluding carboxylic acids is 1. The molecule has 25 heavy (non-hydrogen) atoms. The van der Waals surface area contributed by atoms with E-state index < -0.39 is 0 Å². The fourth-order valence-corrected chi connectivity index (χ4v) is 2.68. The summed E-state index contributed by atoms with van der Waals surface area (Å²) in [6.45, 7) is 6.17. The Balaban J connectivity index is 1.52. The molecule has 0 saturated carbocycles. The number of piperazine rings is 1. The molecule has 0 spiro atoms. The normalized spacial score (nSPS) is 15.0. The third-order valence-corrected chi connectivity index (χ3v) is 3.99. The van der Waals surface area contributed by atoms with Gasteiger partial charge < -0.3 is 14.7 Å². The highest BCUT2D eigenvalue weighted by molar-refractivity contribution is 5.94. The number of amides is 1. The molecule has 0 aromatic carbocycles. The first-order chi connectivity index (χ1) is 12.2. The molecule has 0 unspecified atom stereocenters. The van der Waals surface area contributed by atoms with Gasteiger partial charge in [-0.2, -0.15) is 4.98 Å². The van der Waals surface area contributed by atoms with Crippen molar-refractivity contribution in [3.8, 4) is 12.3 Å². The Morgan fingerprint density at radius 3 is 2.76 bits per heavy atom. The zero-order valence-corrected chi connectivity index (χ0v) is 14.1. The van der Waals surface area contributed by atoms with Crippen LogP contribution in [0.4, 0.5) is 5.82 Å². The summed E-state index contributed by atoms with van der Waals surface area (Å²) in [5, 5.41) is 6.55. The second kappa shape index (κ2) is 7.77. The van der Waals surface area contributed by atoms with E-state index in [0.29, 0.717) is 23.8 Å². The van der Waals surface area contributed by atoms with E-state index in [2.05, 4.69) is 36.2 Å². The number of hydrogen-bond donors (Lipinski definition) is 1. The highest BCUT2D eigenvalue weighted by Crippen LogP contribution is 2.15. The number of pyridine rings is 1. The number of anilines is 1. The second-order valence-electron chi connectivity index (χ2n) is 5.78. The topological polar surface area (TPSA) is 87.4 Å². The number of rotatable bonds is 5. The maximum Gasteiger partial charge on any atom is 0.253 e. The summed E-state index contributed by atoms with van der Waals surface area (Å²) < 4.78 is 5.00. The Morgan fingerprint density at radius 2 is 2.16 bits per heavy atom. The minimum atomic E-state index is -0.211. The molecule has 1 fully saturated rings. The summed E-state index contributed by atoms with van der Waals surface area (Å²) in [7, 11) is 0. The molecule has 2 aromatic rings. The molecule has 0 aliphatic carbocycles. The first kappa shape index (κ1) is 16.9. The standard InChI is InChI=1S/C17H20N6O2/c1-3-6-18-17(24)14-4-5-16(19-11-14)23-9-7-22(8-10-23)12-15-20-13(2)25-21-15/h1,4-5,11H,6-10,12H2,2H3,(H,18,24). The van der Waals surface area contributed by atoms with Crippen molar-refractivity contribution >= 4 is 11.7 Å². The average Bonchev–Trinajstić information content (AvgIpc) is 3.05. The van der Waals surface area contributed by atoms with Gasteiger partial charge in [-0.3, -0.25) is 9.69 Å². The van der Waals surface area contributed by atoms with Crippen LogP contribution >= 0.6 is 0 Å². The van der Waals surface area contributed by atoms with Crippen molar-refractivity contribution in [3.05, 3.63) is 35.6 Å². The minimum absolute atomic E-state index is 0.211. The van der Waals surface area contributed by atoms with Gasteiger partial charge in [0.15, 0.2) is 5.82 Å². The van der Waals surface area contributed by atoms with Crippen LogP contribution in [0.15, 0.2) is 22.9 Å². The largest absolute Gasteiger partial charge is 0.354 e. The Bertz CT molecular complexity index is 756. The van der Waals surface area contributed by atoms with E-state index >= 15 is 0 Å². The highest BCUT2D eigenvalue weighted by Gasteiger charge is 2.19. The Kier molecular flexibility index (Phi) is 5.26. The molecule has 1 N–H and O–H groups in total. The molecule has 0 bridgehead atoms. The maximum absolute atomic E-state index is 11.8. The van der Waals surface area contributed by atoms with Gasteiger partial charge in [-0.1, -0.05) is 11.1 Å². The van der Waals surface area contributed by atoms with E-state index in [1.165, 1.54) is 0 Å². The third-order valence-electron chi connectivity index (χ3n) is 3.99. The molecular formula is C17H20N6O2. The lowest BCUT2D eigenvalue weighted by Gasteiger charge is -2.34. The van der Waals surface area contributed by atoms with Gasteiger partial charge in [-0.15, -0.1) is 6.42 Å². The van der Waals surface area contributed by atoms with E-state index in [0.717, 1.165) is 32.0 Å². The number of terminal acetylenes is 1. The number of nitrogens with zero attached hydrogens (tertiary/aromatic N) is 5. The van der Waals surface area contributed by atoms with Gasteiger partial charge in [0.1, 0.15) is 5.82 Å². The molecule has 3 rings (SSSR count). The zero-order valence-electron chi connectivity index (χ0n) is 14.1. The first-order valence-corrected chi connectivity index (χ1v) is 8.10. The maximum atomic E-state index is 11.8. The average molecular weight is 340 g/mol. The molecule has 8 heteroatoms. The SMILES string of the molecule is C#CCNC(=O)c1ccc(N2CCN(Cc3noc(C)n3)CC2)nc1. The van der Waals surface area contributed by atoms with Crippen LogP contribution in [-0.2, 0) is 6.54 Å². The summed E-state index contributed by atoms with van der Waals surface area (Å²) in [6.07, 6.45) is 6.71. The third kappa shape index (κ3) is 4.33. The quantitative estimate of drug-likeness (QED) is 0.791. The number of aromatic nitrogens is 3. The van der Waals surface area contributed by atoms with E-state index in [4.69, 9.17) is 10.9 Å². The first-order valence-electron chi connectivity index (χ1n) is 8.10. The Morgan fingerprint density at radius 1 is 1.36 bits per heavy atom. The predicted octanol–water partition coefficient (Wildman–Crippen LogP) is 0.458. The van der Waals surface area contributed by atoms with Gasteiger partial charge in [-0.25, -0.2) is 4.98 Å². The monoisotopic (exact) mass is 340 g/mol. The van der Waals surface area contributed by atoms with Crippen LogP contribution in [0.5, 0.6) is 0 Å². The van der Waals surface area contributed by atoms with E-state index in [-0.39, 0.29) is 12.5 Å². The fourth-order valence-electron chi connectivity index (χ4n) is 2.68. The molecule has 3 heterocycles. The van der Waals surface area contributed by atoms with Crippen molar-refractivity contribution in [2.45, 2.75) is 13.5 Å². The number of aryl methyl sites for hydroxylation is 1. The van der Waals surface area contributed by atoms with Gasteiger partial charge in [0.05, 0.1) is 18.7 Å². The molecule has 8 nitrogen and oxygen atoms in total. The molecule has 1 aliphatic rings. The van der Waals surface area contributed by atoms with Crippen molar-refractivity contribution in [2.75, 3.05) is 37.6 Å². The molecule has 1 saturated heterocycles. The van der Waals surface area contributed by atoms with E-state index in [1.807, 2.05) is 6.07 Å².